The lowest BCUT2D eigenvalue weighted by molar-refractivity contribution is -0.192. The van der Waals surface area contributed by atoms with Crippen LogP contribution in [0.4, 0.5) is 35.3 Å². The molecule has 14 heteroatoms. The van der Waals surface area contributed by atoms with Gasteiger partial charge >= 0.3 is 18.2 Å². The molecule has 198 valence electrons. The molecule has 0 aliphatic carbocycles. The smallest absolute Gasteiger partial charge is 0.475 e. The van der Waals surface area contributed by atoms with Crippen molar-refractivity contribution in [2.24, 2.45) is 7.05 Å². The van der Waals surface area contributed by atoms with Gasteiger partial charge in [-0.2, -0.15) is 18.3 Å². The zero-order chi connectivity index (χ0) is 26.9. The van der Waals surface area contributed by atoms with Gasteiger partial charge in [-0.25, -0.2) is 19.6 Å². The number of fused-ring (bicyclic) bond motifs is 2. The lowest BCUT2D eigenvalue weighted by Gasteiger charge is -2.34. The van der Waals surface area contributed by atoms with E-state index in [2.05, 4.69) is 43.6 Å². The summed E-state index contributed by atoms with van der Waals surface area (Å²) in [7, 11) is 1.88. The van der Waals surface area contributed by atoms with Crippen molar-refractivity contribution >= 4 is 40.2 Å². The average molecular weight is 521 g/mol. The average Bonchev–Trinajstić information content (AvgIpc) is 3.42. The Balaban J connectivity index is 0.000000405. The quantitative estimate of drug-likeness (QED) is 0.471. The standard InChI is InChI=1S/C21H26N8O.C2HF3O2/c1-13-11-28(9-7-22-13)17-4-6-23-20-16(17)5-8-29(20)21(30)25-18-10-15-12-27(3)26-19(15)14(2)24-18;3-2(4,5)1(6)7/h4,6,10,12-13,22H,5,7-9,11H2,1-3H3,(H,25,30);(H,6,7)/t13-;/m0./s1. The van der Waals surface area contributed by atoms with E-state index in [-0.39, 0.29) is 6.03 Å². The molecule has 0 bridgehead atoms. The van der Waals surface area contributed by atoms with E-state index >= 15 is 0 Å². The fraction of sp³-hybridized carbons (Fsp3) is 0.435. The molecule has 2 aliphatic heterocycles. The molecule has 0 unspecified atom stereocenters. The minimum absolute atomic E-state index is 0.206. The Labute approximate surface area is 210 Å². The number of halogens is 3. The highest BCUT2D eigenvalue weighted by molar-refractivity contribution is 6.03. The van der Waals surface area contributed by atoms with Crippen LogP contribution in [-0.2, 0) is 18.3 Å². The van der Waals surface area contributed by atoms with E-state index < -0.39 is 12.1 Å². The number of carbonyl (C=O) groups is 2. The Bertz CT molecular complexity index is 1330. The minimum Gasteiger partial charge on any atom is -0.475 e. The first-order valence-corrected chi connectivity index (χ1v) is 11.6. The Morgan fingerprint density at radius 3 is 2.68 bits per heavy atom. The molecule has 3 aromatic rings. The molecule has 37 heavy (non-hydrogen) atoms. The van der Waals surface area contributed by atoms with Crippen molar-refractivity contribution in [1.29, 1.82) is 0 Å². The highest BCUT2D eigenvalue weighted by atomic mass is 19.4. The molecule has 5 rings (SSSR count). The molecule has 1 saturated heterocycles. The summed E-state index contributed by atoms with van der Waals surface area (Å²) in [5.41, 5.74) is 3.97. The summed E-state index contributed by atoms with van der Waals surface area (Å²) in [6, 6.07) is 4.16. The number of amides is 2. The summed E-state index contributed by atoms with van der Waals surface area (Å²) in [5, 5.41) is 18.9. The molecule has 0 radical (unpaired) electrons. The fourth-order valence-electron chi connectivity index (χ4n) is 4.47. The summed E-state index contributed by atoms with van der Waals surface area (Å²) in [6.07, 6.45) is -0.554. The maximum absolute atomic E-state index is 13.1. The summed E-state index contributed by atoms with van der Waals surface area (Å²) in [6.45, 7) is 7.59. The van der Waals surface area contributed by atoms with Crippen LogP contribution in [0.2, 0.25) is 0 Å². The van der Waals surface area contributed by atoms with E-state index in [1.165, 1.54) is 5.69 Å². The monoisotopic (exact) mass is 520 g/mol. The first kappa shape index (κ1) is 26.1. The largest absolute Gasteiger partial charge is 0.490 e. The maximum Gasteiger partial charge on any atom is 0.490 e. The van der Waals surface area contributed by atoms with E-state index in [1.807, 2.05) is 26.2 Å². The molecule has 0 spiro atoms. The third-order valence-electron chi connectivity index (χ3n) is 6.06. The predicted molar refractivity (Wildman–Crippen MR) is 131 cm³/mol. The third-order valence-corrected chi connectivity index (χ3v) is 6.06. The molecule has 11 nitrogen and oxygen atoms in total. The second-order valence-corrected chi connectivity index (χ2v) is 8.90. The number of nitrogens with one attached hydrogen (secondary N) is 2. The van der Waals surface area contributed by atoms with Gasteiger partial charge in [-0.15, -0.1) is 0 Å². The van der Waals surface area contributed by atoms with Crippen LogP contribution in [0.25, 0.3) is 10.9 Å². The first-order chi connectivity index (χ1) is 17.4. The van der Waals surface area contributed by atoms with E-state index in [1.54, 1.807) is 15.8 Å². The highest BCUT2D eigenvalue weighted by Crippen LogP contribution is 2.34. The van der Waals surface area contributed by atoms with Gasteiger partial charge in [0.1, 0.15) is 17.2 Å². The number of nitrogens with zero attached hydrogens (tertiary/aromatic N) is 6. The second kappa shape index (κ2) is 10.2. The molecule has 2 amide bonds. The van der Waals surface area contributed by atoms with Crippen molar-refractivity contribution in [2.45, 2.75) is 32.5 Å². The SMILES string of the molecule is Cc1nc(NC(=O)N2CCc3c(N4CCN[C@@H](C)C4)ccnc32)cc2cn(C)nc12.O=C(O)C(F)(F)F. The second-order valence-electron chi connectivity index (χ2n) is 8.90. The third kappa shape index (κ3) is 5.74. The van der Waals surface area contributed by atoms with Gasteiger partial charge in [0.25, 0.3) is 0 Å². The van der Waals surface area contributed by atoms with Crippen molar-refractivity contribution in [2.75, 3.05) is 41.3 Å². The number of rotatable bonds is 2. The van der Waals surface area contributed by atoms with Gasteiger partial charge in [0.05, 0.1) is 5.69 Å². The molecule has 3 N–H and O–H groups in total. The summed E-state index contributed by atoms with van der Waals surface area (Å²) >= 11 is 0. The van der Waals surface area contributed by atoms with Crippen molar-refractivity contribution < 1.29 is 27.9 Å². The van der Waals surface area contributed by atoms with E-state index in [0.29, 0.717) is 18.4 Å². The fourth-order valence-corrected chi connectivity index (χ4v) is 4.47. The number of aliphatic carboxylic acids is 1. The molecule has 0 saturated carbocycles. The lowest BCUT2D eigenvalue weighted by atomic mass is 10.1. The predicted octanol–water partition coefficient (Wildman–Crippen LogP) is 2.70. The number of carboxylic acids is 1. The molecule has 5 heterocycles. The summed E-state index contributed by atoms with van der Waals surface area (Å²) < 4.78 is 33.5. The van der Waals surface area contributed by atoms with Gasteiger partial charge in [0.2, 0.25) is 0 Å². The minimum atomic E-state index is -5.08. The highest BCUT2D eigenvalue weighted by Gasteiger charge is 2.38. The Morgan fingerprint density at radius 1 is 1.27 bits per heavy atom. The Kier molecular flexibility index (Phi) is 7.21. The van der Waals surface area contributed by atoms with E-state index in [9.17, 15) is 18.0 Å². The van der Waals surface area contributed by atoms with Crippen LogP contribution in [0.1, 0.15) is 18.2 Å². The first-order valence-electron chi connectivity index (χ1n) is 11.6. The number of urea groups is 1. The number of carbonyl (C=O) groups excluding carboxylic acids is 1. The maximum atomic E-state index is 13.1. The number of anilines is 3. The molecule has 0 aromatic carbocycles. The van der Waals surface area contributed by atoms with E-state index in [0.717, 1.165) is 54.0 Å². The molecule has 2 aliphatic rings. The van der Waals surface area contributed by atoms with Crippen molar-refractivity contribution in [1.82, 2.24) is 25.1 Å². The Morgan fingerprint density at radius 2 is 2.00 bits per heavy atom. The lowest BCUT2D eigenvalue weighted by Crippen LogP contribution is -2.49. The van der Waals surface area contributed by atoms with Gasteiger partial charge < -0.3 is 15.3 Å². The normalized spacial score (nSPS) is 17.3. The van der Waals surface area contributed by atoms with Crippen molar-refractivity contribution in [3.05, 3.63) is 35.8 Å². The topological polar surface area (TPSA) is 129 Å². The zero-order valence-corrected chi connectivity index (χ0v) is 20.5. The van der Waals surface area contributed by atoms with Gasteiger partial charge in [0.15, 0.2) is 0 Å². The number of piperazine rings is 1. The van der Waals surface area contributed by atoms with Crippen LogP contribution in [0, 0.1) is 6.92 Å². The van der Waals surface area contributed by atoms with Crippen molar-refractivity contribution in [3.63, 3.8) is 0 Å². The van der Waals surface area contributed by atoms with Gasteiger partial charge in [-0.3, -0.25) is 14.9 Å². The Hall–Kier alpha value is -3.94. The number of alkyl halides is 3. The van der Waals surface area contributed by atoms with Crippen LogP contribution in [0.5, 0.6) is 0 Å². The van der Waals surface area contributed by atoms with Crippen LogP contribution < -0.4 is 20.4 Å². The zero-order valence-electron chi connectivity index (χ0n) is 20.5. The van der Waals surface area contributed by atoms with E-state index in [4.69, 9.17) is 9.90 Å². The molecule has 1 fully saturated rings. The van der Waals surface area contributed by atoms with Crippen LogP contribution in [0.3, 0.4) is 0 Å². The van der Waals surface area contributed by atoms with Crippen LogP contribution >= 0.6 is 0 Å². The molecular weight excluding hydrogens is 493 g/mol. The summed E-state index contributed by atoms with van der Waals surface area (Å²) in [5.74, 6) is -1.48. The van der Waals surface area contributed by atoms with Gasteiger partial charge in [-0.05, 0) is 32.4 Å². The van der Waals surface area contributed by atoms with Crippen LogP contribution in [-0.4, -0.2) is 75.3 Å². The number of aromatic nitrogens is 4. The molecule has 1 atom stereocenters. The van der Waals surface area contributed by atoms with Crippen molar-refractivity contribution in [3.8, 4) is 0 Å². The number of hydrogen-bond donors (Lipinski definition) is 3. The molecule has 3 aromatic heterocycles. The number of aryl methyl sites for hydroxylation is 2. The molecular formula is C23H27F3N8O3. The van der Waals surface area contributed by atoms with Gasteiger partial charge in [0, 0.05) is 68.3 Å². The van der Waals surface area contributed by atoms with Crippen LogP contribution in [0.15, 0.2) is 24.5 Å². The summed E-state index contributed by atoms with van der Waals surface area (Å²) in [4.78, 5) is 35.1. The van der Waals surface area contributed by atoms with Gasteiger partial charge in [-0.1, -0.05) is 0 Å². The number of hydrogen-bond acceptors (Lipinski definition) is 7. The number of pyridine rings is 2. The number of carboxylic acid groups (broad SMARTS) is 1.